The molecule has 2 N–H and O–H groups in total. The van der Waals surface area contributed by atoms with Crippen LogP contribution in [0.25, 0.3) is 0 Å². The molecule has 0 saturated carbocycles. The quantitative estimate of drug-likeness (QED) is 0.748. The van der Waals surface area contributed by atoms with Gasteiger partial charge in [-0.2, -0.15) is 0 Å². The molecule has 10 heteroatoms. The van der Waals surface area contributed by atoms with Gasteiger partial charge in [-0.3, -0.25) is 9.59 Å². The van der Waals surface area contributed by atoms with Crippen LogP contribution in [0.5, 0.6) is 0 Å². The van der Waals surface area contributed by atoms with E-state index in [1.807, 2.05) is 4.72 Å². The van der Waals surface area contributed by atoms with Gasteiger partial charge in [0.05, 0.1) is 9.79 Å². The lowest BCUT2D eigenvalue weighted by atomic mass is 10.3. The number of amides is 2. The molecular weight excluding hydrogens is 380 g/mol. The fraction of sp³-hybridized carbons (Fsp3) is 0.125. The standard InChI is InChI=1S/C16H16N2O6S2/c1-12(19)18-26(23,24)15-9-7-13(8-10-15)17-16(20)11-25(21,22)14-5-3-2-4-6-14/h2-10H,11H2,1H3,(H,17,20)(H,18,19). The molecule has 8 nitrogen and oxygen atoms in total. The van der Waals surface area contributed by atoms with E-state index in [4.69, 9.17) is 0 Å². The van der Waals surface area contributed by atoms with E-state index in [9.17, 15) is 26.4 Å². The molecule has 2 amide bonds. The Morgan fingerprint density at radius 1 is 0.846 bits per heavy atom. The van der Waals surface area contributed by atoms with Crippen molar-refractivity contribution in [3.8, 4) is 0 Å². The second-order valence-corrected chi connectivity index (χ2v) is 8.98. The number of rotatable bonds is 6. The first-order valence-corrected chi connectivity index (χ1v) is 10.4. The Balaban J connectivity index is 2.07. The zero-order chi connectivity index (χ0) is 19.4. The maximum atomic E-state index is 12.1. The van der Waals surface area contributed by atoms with Crippen LogP contribution >= 0.6 is 0 Å². The molecule has 26 heavy (non-hydrogen) atoms. The Kier molecular flexibility index (Phi) is 5.78. The molecule has 2 rings (SSSR count). The Hall–Kier alpha value is -2.72. The summed E-state index contributed by atoms with van der Waals surface area (Å²) in [5.41, 5.74) is 0.222. The topological polar surface area (TPSA) is 126 Å². The third-order valence-electron chi connectivity index (χ3n) is 3.15. The van der Waals surface area contributed by atoms with Crippen molar-refractivity contribution in [1.82, 2.24) is 4.72 Å². The molecular formula is C16H16N2O6S2. The molecule has 0 saturated heterocycles. The lowest BCUT2D eigenvalue weighted by Gasteiger charge is -2.08. The Bertz CT molecular complexity index is 1010. The van der Waals surface area contributed by atoms with Crippen LogP contribution in [0.3, 0.4) is 0 Å². The second-order valence-electron chi connectivity index (χ2n) is 5.31. The lowest BCUT2D eigenvalue weighted by molar-refractivity contribution is -0.117. The minimum Gasteiger partial charge on any atom is -0.325 e. The van der Waals surface area contributed by atoms with Crippen molar-refractivity contribution in [3.05, 3.63) is 54.6 Å². The number of sulfonamides is 1. The monoisotopic (exact) mass is 396 g/mol. The molecule has 0 aliphatic rings. The molecule has 2 aromatic rings. The first kappa shape index (κ1) is 19.6. The molecule has 0 aromatic heterocycles. The van der Waals surface area contributed by atoms with E-state index in [2.05, 4.69) is 5.32 Å². The Labute approximate surface area is 151 Å². The number of hydrogen-bond acceptors (Lipinski definition) is 6. The third kappa shape index (κ3) is 5.14. The van der Waals surface area contributed by atoms with Crippen LogP contribution in [-0.2, 0) is 29.4 Å². The number of nitrogens with one attached hydrogen (secondary N) is 2. The predicted octanol–water partition coefficient (Wildman–Crippen LogP) is 0.924. The fourth-order valence-electron chi connectivity index (χ4n) is 2.05. The normalized spacial score (nSPS) is 11.6. The third-order valence-corrected chi connectivity index (χ3v) is 6.23. The smallest absolute Gasteiger partial charge is 0.264 e. The predicted molar refractivity (Wildman–Crippen MR) is 94.6 cm³/mol. The summed E-state index contributed by atoms with van der Waals surface area (Å²) in [6, 6.07) is 12.5. The van der Waals surface area contributed by atoms with Gasteiger partial charge in [-0.15, -0.1) is 0 Å². The maximum Gasteiger partial charge on any atom is 0.264 e. The Morgan fingerprint density at radius 2 is 1.42 bits per heavy atom. The highest BCUT2D eigenvalue weighted by Crippen LogP contribution is 2.15. The van der Waals surface area contributed by atoms with Crippen LogP contribution in [0, 0.1) is 0 Å². The molecule has 0 radical (unpaired) electrons. The fourth-order valence-corrected chi connectivity index (χ4v) is 4.19. The van der Waals surface area contributed by atoms with Crippen molar-refractivity contribution in [3.63, 3.8) is 0 Å². The summed E-state index contributed by atoms with van der Waals surface area (Å²) in [7, 11) is -7.76. The van der Waals surface area contributed by atoms with Crippen molar-refractivity contribution in [1.29, 1.82) is 0 Å². The summed E-state index contributed by atoms with van der Waals surface area (Å²) in [6.07, 6.45) is 0. The van der Waals surface area contributed by atoms with Gasteiger partial charge < -0.3 is 5.32 Å². The molecule has 0 bridgehead atoms. The summed E-state index contributed by atoms with van der Waals surface area (Å²) in [6.45, 7) is 1.07. The van der Waals surface area contributed by atoms with Crippen molar-refractivity contribution in [2.75, 3.05) is 11.1 Å². The highest BCUT2D eigenvalue weighted by atomic mass is 32.2. The van der Waals surface area contributed by atoms with E-state index in [0.29, 0.717) is 0 Å². The highest BCUT2D eigenvalue weighted by Gasteiger charge is 2.19. The van der Waals surface area contributed by atoms with Gasteiger partial charge >= 0.3 is 0 Å². The minimum atomic E-state index is -3.98. The van der Waals surface area contributed by atoms with Gasteiger partial charge in [-0.25, -0.2) is 21.6 Å². The second kappa shape index (κ2) is 7.67. The van der Waals surface area contributed by atoms with Crippen molar-refractivity contribution in [2.45, 2.75) is 16.7 Å². The van der Waals surface area contributed by atoms with E-state index >= 15 is 0 Å². The molecule has 0 atom stereocenters. The number of carbonyl (C=O) groups excluding carboxylic acids is 2. The largest absolute Gasteiger partial charge is 0.325 e. The van der Waals surface area contributed by atoms with Crippen LogP contribution in [-0.4, -0.2) is 34.4 Å². The molecule has 0 aliphatic heterocycles. The number of sulfone groups is 1. The average Bonchev–Trinajstić information content (AvgIpc) is 2.54. The molecule has 0 spiro atoms. The van der Waals surface area contributed by atoms with Crippen LogP contribution < -0.4 is 10.0 Å². The summed E-state index contributed by atoms with van der Waals surface area (Å²) in [4.78, 5) is 22.7. The summed E-state index contributed by atoms with van der Waals surface area (Å²) in [5.74, 6) is -2.23. The van der Waals surface area contributed by atoms with Gasteiger partial charge in [0.1, 0.15) is 5.75 Å². The molecule has 0 unspecified atom stereocenters. The number of benzene rings is 2. The van der Waals surface area contributed by atoms with Crippen molar-refractivity contribution in [2.24, 2.45) is 0 Å². The van der Waals surface area contributed by atoms with Gasteiger partial charge in [0.2, 0.25) is 11.8 Å². The van der Waals surface area contributed by atoms with Crippen molar-refractivity contribution >= 4 is 37.4 Å². The average molecular weight is 396 g/mol. The van der Waals surface area contributed by atoms with Gasteiger partial charge in [0.25, 0.3) is 10.0 Å². The first-order valence-electron chi connectivity index (χ1n) is 7.31. The van der Waals surface area contributed by atoms with Crippen LogP contribution in [0.2, 0.25) is 0 Å². The molecule has 0 fully saturated rings. The molecule has 138 valence electrons. The Morgan fingerprint density at radius 3 is 1.96 bits per heavy atom. The number of carbonyl (C=O) groups is 2. The van der Waals surface area contributed by atoms with E-state index < -0.39 is 37.4 Å². The molecule has 0 aliphatic carbocycles. The van der Waals surface area contributed by atoms with Crippen LogP contribution in [0.1, 0.15) is 6.92 Å². The van der Waals surface area contributed by atoms with E-state index in [1.165, 1.54) is 36.4 Å². The zero-order valence-corrected chi connectivity index (χ0v) is 15.3. The highest BCUT2D eigenvalue weighted by molar-refractivity contribution is 7.92. The maximum absolute atomic E-state index is 12.1. The first-order chi connectivity index (χ1) is 12.1. The summed E-state index contributed by atoms with van der Waals surface area (Å²) < 4.78 is 49.7. The minimum absolute atomic E-state index is 0.0342. The van der Waals surface area contributed by atoms with Gasteiger partial charge in [-0.05, 0) is 36.4 Å². The number of anilines is 1. The molecule has 2 aromatic carbocycles. The van der Waals surface area contributed by atoms with E-state index in [0.717, 1.165) is 6.92 Å². The van der Waals surface area contributed by atoms with Gasteiger partial charge in [0.15, 0.2) is 9.84 Å². The van der Waals surface area contributed by atoms with Crippen molar-refractivity contribution < 1.29 is 26.4 Å². The number of hydrogen-bond donors (Lipinski definition) is 2. The summed E-state index contributed by atoms with van der Waals surface area (Å²) >= 11 is 0. The van der Waals surface area contributed by atoms with Gasteiger partial charge in [-0.1, -0.05) is 18.2 Å². The SMILES string of the molecule is CC(=O)NS(=O)(=O)c1ccc(NC(=O)CS(=O)(=O)c2ccccc2)cc1. The van der Waals surface area contributed by atoms with Crippen LogP contribution in [0.15, 0.2) is 64.4 Å². The van der Waals surface area contributed by atoms with Gasteiger partial charge in [0, 0.05) is 12.6 Å². The lowest BCUT2D eigenvalue weighted by Crippen LogP contribution is -2.28. The van der Waals surface area contributed by atoms with E-state index in [-0.39, 0.29) is 15.5 Å². The zero-order valence-electron chi connectivity index (χ0n) is 13.7. The molecule has 0 heterocycles. The van der Waals surface area contributed by atoms with Crippen LogP contribution in [0.4, 0.5) is 5.69 Å². The van der Waals surface area contributed by atoms with E-state index in [1.54, 1.807) is 18.2 Å². The summed E-state index contributed by atoms with van der Waals surface area (Å²) in [5, 5.41) is 2.39.